The highest BCUT2D eigenvalue weighted by molar-refractivity contribution is 5.35. The van der Waals surface area contributed by atoms with Crippen molar-refractivity contribution in [2.75, 3.05) is 0 Å². The van der Waals surface area contributed by atoms with Crippen LogP contribution in [0.5, 0.6) is 11.6 Å². The van der Waals surface area contributed by atoms with E-state index < -0.39 is 18.2 Å². The van der Waals surface area contributed by atoms with Crippen molar-refractivity contribution in [2.24, 2.45) is 0 Å². The molecule has 3 nitrogen and oxygen atoms in total. The third kappa shape index (κ3) is 2.62. The Hall–Kier alpha value is -2.01. The molecule has 0 saturated carbocycles. The third-order valence-electron chi connectivity index (χ3n) is 2.36. The van der Waals surface area contributed by atoms with Crippen LogP contribution in [-0.2, 0) is 6.61 Å². The van der Waals surface area contributed by atoms with Gasteiger partial charge >= 0.3 is 0 Å². The molecular weight excluding hydrogens is 240 g/mol. The van der Waals surface area contributed by atoms with Gasteiger partial charge in [0.1, 0.15) is 5.82 Å². The highest BCUT2D eigenvalue weighted by Crippen LogP contribution is 2.26. The molecule has 0 aliphatic carbocycles. The quantitative estimate of drug-likeness (QED) is 0.911. The van der Waals surface area contributed by atoms with Crippen molar-refractivity contribution >= 4 is 0 Å². The first-order chi connectivity index (χ1) is 8.60. The first-order valence-electron chi connectivity index (χ1n) is 5.29. The summed E-state index contributed by atoms with van der Waals surface area (Å²) in [6.45, 7) is 1.35. The van der Waals surface area contributed by atoms with Crippen LogP contribution in [0.25, 0.3) is 0 Å². The number of aliphatic hydroxyl groups excluding tert-OH is 1. The Bertz CT molecular complexity index is 573. The van der Waals surface area contributed by atoms with Gasteiger partial charge in [0, 0.05) is 5.56 Å². The highest BCUT2D eigenvalue weighted by atomic mass is 19.1. The summed E-state index contributed by atoms with van der Waals surface area (Å²) >= 11 is 0. The summed E-state index contributed by atoms with van der Waals surface area (Å²) in [6, 6.07) is 5.47. The molecule has 0 aliphatic heterocycles. The first-order valence-corrected chi connectivity index (χ1v) is 5.29. The van der Waals surface area contributed by atoms with Gasteiger partial charge in [-0.3, -0.25) is 0 Å². The fourth-order valence-electron chi connectivity index (χ4n) is 1.47. The normalized spacial score (nSPS) is 10.4. The number of ether oxygens (including phenoxy) is 1. The second-order valence-electron chi connectivity index (χ2n) is 3.81. The average Bonchev–Trinajstić information content (AvgIpc) is 2.36. The summed E-state index contributed by atoms with van der Waals surface area (Å²) < 4.78 is 31.6. The van der Waals surface area contributed by atoms with Crippen molar-refractivity contribution in [2.45, 2.75) is 13.5 Å². The Morgan fingerprint density at radius 1 is 1.28 bits per heavy atom. The molecule has 0 amide bonds. The van der Waals surface area contributed by atoms with E-state index >= 15 is 0 Å². The van der Waals surface area contributed by atoms with Crippen molar-refractivity contribution in [3.05, 3.63) is 53.2 Å². The summed E-state index contributed by atoms with van der Waals surface area (Å²) in [6.07, 6.45) is 0.947. The van der Waals surface area contributed by atoms with Crippen LogP contribution in [0, 0.1) is 18.6 Å². The molecule has 2 aromatic rings. The molecule has 1 heterocycles. The van der Waals surface area contributed by atoms with Crippen molar-refractivity contribution < 1.29 is 18.6 Å². The van der Waals surface area contributed by atoms with Gasteiger partial charge in [-0.15, -0.1) is 0 Å². The minimum absolute atomic E-state index is 0.0104. The number of pyridine rings is 1. The number of hydrogen-bond acceptors (Lipinski definition) is 3. The number of aryl methyl sites for hydroxylation is 1. The maximum absolute atomic E-state index is 13.5. The van der Waals surface area contributed by atoms with E-state index in [1.54, 1.807) is 13.0 Å². The molecule has 1 aromatic carbocycles. The zero-order valence-corrected chi connectivity index (χ0v) is 9.65. The van der Waals surface area contributed by atoms with Gasteiger partial charge in [0.2, 0.25) is 5.88 Å². The summed E-state index contributed by atoms with van der Waals surface area (Å²) in [4.78, 5) is 3.69. The lowest BCUT2D eigenvalue weighted by Gasteiger charge is -2.09. The van der Waals surface area contributed by atoms with E-state index in [-0.39, 0.29) is 17.2 Å². The second kappa shape index (κ2) is 5.10. The molecule has 1 N–H and O–H groups in total. The Morgan fingerprint density at radius 3 is 2.78 bits per heavy atom. The monoisotopic (exact) mass is 251 g/mol. The maximum Gasteiger partial charge on any atom is 0.225 e. The smallest absolute Gasteiger partial charge is 0.225 e. The van der Waals surface area contributed by atoms with Crippen LogP contribution in [0.4, 0.5) is 8.78 Å². The van der Waals surface area contributed by atoms with Crippen LogP contribution < -0.4 is 4.74 Å². The van der Waals surface area contributed by atoms with Crippen LogP contribution in [0.15, 0.2) is 30.5 Å². The fourth-order valence-corrected chi connectivity index (χ4v) is 1.47. The van der Waals surface area contributed by atoms with Crippen LogP contribution in [0.1, 0.15) is 11.1 Å². The van der Waals surface area contributed by atoms with E-state index in [0.717, 1.165) is 17.8 Å². The molecular formula is C13H11F2NO2. The molecule has 0 radical (unpaired) electrons. The second-order valence-corrected chi connectivity index (χ2v) is 3.81. The van der Waals surface area contributed by atoms with E-state index in [1.807, 2.05) is 0 Å². The molecule has 0 unspecified atom stereocenters. The van der Waals surface area contributed by atoms with E-state index in [0.29, 0.717) is 0 Å². The Morgan fingerprint density at radius 2 is 2.06 bits per heavy atom. The Kier molecular flexibility index (Phi) is 3.53. The number of nitrogens with zero attached hydrogens (tertiary/aromatic N) is 1. The van der Waals surface area contributed by atoms with Gasteiger partial charge in [-0.2, -0.15) is 0 Å². The van der Waals surface area contributed by atoms with Gasteiger partial charge in [-0.05, 0) is 30.7 Å². The van der Waals surface area contributed by atoms with E-state index in [1.165, 1.54) is 12.1 Å². The van der Waals surface area contributed by atoms with Crippen molar-refractivity contribution in [3.63, 3.8) is 0 Å². The largest absolute Gasteiger partial charge is 0.436 e. The Labute approximate surface area is 103 Å². The van der Waals surface area contributed by atoms with Gasteiger partial charge < -0.3 is 9.84 Å². The van der Waals surface area contributed by atoms with Crippen LogP contribution in [-0.4, -0.2) is 10.1 Å². The van der Waals surface area contributed by atoms with Crippen LogP contribution in [0.3, 0.4) is 0 Å². The van der Waals surface area contributed by atoms with Gasteiger partial charge in [-0.1, -0.05) is 6.07 Å². The molecule has 0 saturated heterocycles. The first kappa shape index (κ1) is 12.4. The van der Waals surface area contributed by atoms with Gasteiger partial charge in [0.25, 0.3) is 0 Å². The van der Waals surface area contributed by atoms with Gasteiger partial charge in [0.05, 0.1) is 12.8 Å². The molecule has 94 valence electrons. The molecule has 2 rings (SSSR count). The maximum atomic E-state index is 13.5. The standard InChI is InChI=1S/C13H11F2NO2/c1-8-2-3-11(15)12(4-8)18-13-9(7-17)5-10(14)6-16-13/h2-6,17H,7H2,1H3. The van der Waals surface area contributed by atoms with E-state index in [4.69, 9.17) is 9.84 Å². The predicted octanol–water partition coefficient (Wildman–Crippen LogP) is 2.95. The van der Waals surface area contributed by atoms with Crippen molar-refractivity contribution in [1.82, 2.24) is 4.98 Å². The molecule has 0 fully saturated rings. The number of rotatable bonds is 3. The number of hydrogen-bond donors (Lipinski definition) is 1. The molecule has 0 spiro atoms. The lowest BCUT2D eigenvalue weighted by Crippen LogP contribution is -1.97. The Balaban J connectivity index is 2.36. The minimum atomic E-state index is -0.587. The number of aliphatic hydroxyl groups is 1. The van der Waals surface area contributed by atoms with Gasteiger partial charge in [-0.25, -0.2) is 13.8 Å². The average molecular weight is 251 g/mol. The van der Waals surface area contributed by atoms with Gasteiger partial charge in [0.15, 0.2) is 11.6 Å². The molecule has 0 aliphatic rings. The lowest BCUT2D eigenvalue weighted by atomic mass is 10.2. The zero-order chi connectivity index (χ0) is 13.1. The molecule has 0 atom stereocenters. The minimum Gasteiger partial charge on any atom is -0.436 e. The van der Waals surface area contributed by atoms with E-state index in [9.17, 15) is 8.78 Å². The van der Waals surface area contributed by atoms with Crippen LogP contribution >= 0.6 is 0 Å². The summed E-state index contributed by atoms with van der Waals surface area (Å²) in [5.74, 6) is -1.15. The topological polar surface area (TPSA) is 42.4 Å². The molecule has 18 heavy (non-hydrogen) atoms. The summed E-state index contributed by atoms with van der Waals surface area (Å²) in [5, 5.41) is 9.06. The van der Waals surface area contributed by atoms with E-state index in [2.05, 4.69) is 4.98 Å². The summed E-state index contributed by atoms with van der Waals surface area (Å²) in [7, 11) is 0. The SMILES string of the molecule is Cc1ccc(F)c(Oc2ncc(F)cc2CO)c1. The van der Waals surface area contributed by atoms with Crippen molar-refractivity contribution in [3.8, 4) is 11.6 Å². The number of benzene rings is 1. The highest BCUT2D eigenvalue weighted by Gasteiger charge is 2.10. The predicted molar refractivity (Wildman–Crippen MR) is 61.3 cm³/mol. The zero-order valence-electron chi connectivity index (χ0n) is 9.65. The summed E-state index contributed by atoms with van der Waals surface area (Å²) in [5.41, 5.74) is 0.981. The van der Waals surface area contributed by atoms with Crippen LogP contribution in [0.2, 0.25) is 0 Å². The molecule has 1 aromatic heterocycles. The fraction of sp³-hybridized carbons (Fsp3) is 0.154. The lowest BCUT2D eigenvalue weighted by molar-refractivity contribution is 0.273. The number of aromatic nitrogens is 1. The molecule has 5 heteroatoms. The third-order valence-corrected chi connectivity index (χ3v) is 2.36. The number of halogens is 2. The molecule has 0 bridgehead atoms. The van der Waals surface area contributed by atoms with Crippen molar-refractivity contribution in [1.29, 1.82) is 0 Å².